The average molecular weight is 373 g/mol. The first-order chi connectivity index (χ1) is 9.56. The van der Waals surface area contributed by atoms with Crippen LogP contribution in [0.2, 0.25) is 5.02 Å². The molecule has 2 rings (SSSR count). The van der Waals surface area contributed by atoms with E-state index in [4.69, 9.17) is 11.6 Å². The molecule has 0 aliphatic carbocycles. The Morgan fingerprint density at radius 3 is 2.45 bits per heavy atom. The van der Waals surface area contributed by atoms with E-state index in [1.54, 1.807) is 0 Å². The van der Waals surface area contributed by atoms with Crippen molar-refractivity contribution in [1.82, 2.24) is 5.32 Å². The molecule has 0 spiro atoms. The maximum Gasteiger partial charge on any atom is 0.0406 e. The highest BCUT2D eigenvalue weighted by Gasteiger charge is 2.15. The molecule has 0 saturated heterocycles. The van der Waals surface area contributed by atoms with E-state index in [9.17, 15) is 0 Å². The van der Waals surface area contributed by atoms with Gasteiger partial charge in [0.15, 0.2) is 0 Å². The second-order valence-corrected chi connectivity index (χ2v) is 7.50. The molecule has 0 radical (unpaired) electrons. The number of rotatable bonds is 6. The van der Waals surface area contributed by atoms with Gasteiger partial charge in [0.25, 0.3) is 0 Å². The van der Waals surface area contributed by atoms with E-state index in [-0.39, 0.29) is 0 Å². The van der Waals surface area contributed by atoms with Crippen molar-refractivity contribution in [3.05, 3.63) is 55.6 Å². The SMILES string of the molecule is CC(C)NCC(Cc1sccc1Br)c1ccc(Cl)cc1. The van der Waals surface area contributed by atoms with Gasteiger partial charge in [-0.25, -0.2) is 0 Å². The van der Waals surface area contributed by atoms with E-state index >= 15 is 0 Å². The minimum absolute atomic E-state index is 0.463. The molecule has 0 bridgehead atoms. The molecule has 0 fully saturated rings. The predicted molar refractivity (Wildman–Crippen MR) is 93.1 cm³/mol. The van der Waals surface area contributed by atoms with Crippen LogP contribution in [0.15, 0.2) is 40.2 Å². The zero-order valence-electron chi connectivity index (χ0n) is 11.7. The summed E-state index contributed by atoms with van der Waals surface area (Å²) in [5, 5.41) is 6.47. The van der Waals surface area contributed by atoms with Crippen LogP contribution < -0.4 is 5.32 Å². The number of thiophene rings is 1. The van der Waals surface area contributed by atoms with Crippen molar-refractivity contribution >= 4 is 38.9 Å². The van der Waals surface area contributed by atoms with Crippen LogP contribution >= 0.6 is 38.9 Å². The van der Waals surface area contributed by atoms with Crippen LogP contribution in [0.1, 0.15) is 30.2 Å². The van der Waals surface area contributed by atoms with E-state index in [1.807, 2.05) is 23.5 Å². The normalized spacial score (nSPS) is 12.8. The summed E-state index contributed by atoms with van der Waals surface area (Å²) >= 11 is 11.4. The molecular weight excluding hydrogens is 354 g/mol. The van der Waals surface area contributed by atoms with Crippen molar-refractivity contribution in [3.8, 4) is 0 Å². The number of benzene rings is 1. The molecule has 1 N–H and O–H groups in total. The van der Waals surface area contributed by atoms with Crippen LogP contribution in [0, 0.1) is 0 Å². The van der Waals surface area contributed by atoms with Gasteiger partial charge >= 0.3 is 0 Å². The monoisotopic (exact) mass is 371 g/mol. The summed E-state index contributed by atoms with van der Waals surface area (Å²) < 4.78 is 1.21. The quantitative estimate of drug-likeness (QED) is 0.707. The summed E-state index contributed by atoms with van der Waals surface area (Å²) in [4.78, 5) is 1.40. The average Bonchev–Trinajstić information content (AvgIpc) is 2.81. The fourth-order valence-electron chi connectivity index (χ4n) is 2.12. The van der Waals surface area contributed by atoms with Crippen molar-refractivity contribution in [2.75, 3.05) is 6.54 Å². The zero-order chi connectivity index (χ0) is 14.5. The molecule has 2 aromatic rings. The Labute approximate surface area is 138 Å². The summed E-state index contributed by atoms with van der Waals surface area (Å²) in [5.74, 6) is 0.463. The zero-order valence-corrected chi connectivity index (χ0v) is 14.9. The van der Waals surface area contributed by atoms with E-state index in [0.29, 0.717) is 12.0 Å². The standard InChI is InChI=1S/C16H19BrClNS/c1-11(2)19-10-13(9-16-15(17)7-8-20-16)12-3-5-14(18)6-4-12/h3-8,11,13,19H,9-10H2,1-2H3. The maximum atomic E-state index is 5.99. The molecule has 1 heterocycles. The molecule has 108 valence electrons. The van der Waals surface area contributed by atoms with Gasteiger partial charge in [0.2, 0.25) is 0 Å². The van der Waals surface area contributed by atoms with Crippen LogP contribution in [-0.4, -0.2) is 12.6 Å². The van der Waals surface area contributed by atoms with E-state index in [0.717, 1.165) is 18.0 Å². The lowest BCUT2D eigenvalue weighted by Crippen LogP contribution is -2.28. The van der Waals surface area contributed by atoms with Gasteiger partial charge in [-0.3, -0.25) is 0 Å². The third kappa shape index (κ3) is 4.59. The Hall–Kier alpha value is -0.350. The third-order valence-corrected chi connectivity index (χ3v) is 5.44. The lowest BCUT2D eigenvalue weighted by Gasteiger charge is -2.19. The number of hydrogen-bond donors (Lipinski definition) is 1. The molecule has 0 amide bonds. The van der Waals surface area contributed by atoms with Gasteiger partial charge in [-0.2, -0.15) is 0 Å². The summed E-state index contributed by atoms with van der Waals surface area (Å²) in [7, 11) is 0. The van der Waals surface area contributed by atoms with Crippen molar-refractivity contribution in [1.29, 1.82) is 0 Å². The Bertz CT molecular complexity index is 536. The summed E-state index contributed by atoms with van der Waals surface area (Å²) in [6, 6.07) is 10.8. The lowest BCUT2D eigenvalue weighted by molar-refractivity contribution is 0.528. The fourth-order valence-corrected chi connectivity index (χ4v) is 3.84. The lowest BCUT2D eigenvalue weighted by atomic mass is 9.94. The molecule has 0 aliphatic rings. The molecule has 1 atom stereocenters. The molecule has 0 aliphatic heterocycles. The number of halogens is 2. The third-order valence-electron chi connectivity index (χ3n) is 3.24. The van der Waals surface area contributed by atoms with E-state index in [1.165, 1.54) is 14.9 Å². The second kappa shape index (κ2) is 7.60. The van der Waals surface area contributed by atoms with Gasteiger partial charge in [-0.15, -0.1) is 11.3 Å². The van der Waals surface area contributed by atoms with Gasteiger partial charge in [-0.1, -0.05) is 37.6 Å². The molecule has 4 heteroatoms. The summed E-state index contributed by atoms with van der Waals surface area (Å²) in [6.45, 7) is 5.34. The second-order valence-electron chi connectivity index (χ2n) is 5.21. The van der Waals surface area contributed by atoms with Crippen LogP contribution in [0.4, 0.5) is 0 Å². The van der Waals surface area contributed by atoms with Crippen molar-refractivity contribution in [2.24, 2.45) is 0 Å². The predicted octanol–water partition coefficient (Wildman–Crippen LogP) is 5.49. The van der Waals surface area contributed by atoms with Crippen LogP contribution in [0.3, 0.4) is 0 Å². The highest BCUT2D eigenvalue weighted by Crippen LogP contribution is 2.29. The van der Waals surface area contributed by atoms with Crippen LogP contribution in [0.5, 0.6) is 0 Å². The largest absolute Gasteiger partial charge is 0.314 e. The highest BCUT2D eigenvalue weighted by atomic mass is 79.9. The Morgan fingerprint density at radius 2 is 1.90 bits per heavy atom. The molecule has 1 aromatic carbocycles. The molecule has 20 heavy (non-hydrogen) atoms. The van der Waals surface area contributed by atoms with Gasteiger partial charge < -0.3 is 5.32 Å². The molecular formula is C16H19BrClNS. The fraction of sp³-hybridized carbons (Fsp3) is 0.375. The van der Waals surface area contributed by atoms with E-state index < -0.39 is 0 Å². The van der Waals surface area contributed by atoms with Crippen molar-refractivity contribution in [3.63, 3.8) is 0 Å². The highest BCUT2D eigenvalue weighted by molar-refractivity contribution is 9.10. The molecule has 1 nitrogen and oxygen atoms in total. The van der Waals surface area contributed by atoms with Crippen LogP contribution in [-0.2, 0) is 6.42 Å². The minimum Gasteiger partial charge on any atom is -0.314 e. The number of nitrogens with one attached hydrogen (secondary N) is 1. The Kier molecular flexibility index (Phi) is 6.09. The summed E-state index contributed by atoms with van der Waals surface area (Å²) in [6.07, 6.45) is 1.04. The number of hydrogen-bond acceptors (Lipinski definition) is 2. The summed E-state index contributed by atoms with van der Waals surface area (Å²) in [5.41, 5.74) is 1.34. The molecule has 1 aromatic heterocycles. The van der Waals surface area contributed by atoms with E-state index in [2.05, 4.69) is 58.7 Å². The van der Waals surface area contributed by atoms with Gasteiger partial charge in [0.05, 0.1) is 0 Å². The van der Waals surface area contributed by atoms with Crippen molar-refractivity contribution in [2.45, 2.75) is 32.2 Å². The molecule has 1 unspecified atom stereocenters. The first-order valence-electron chi connectivity index (χ1n) is 6.77. The van der Waals surface area contributed by atoms with Gasteiger partial charge in [-0.05, 0) is 51.5 Å². The van der Waals surface area contributed by atoms with Gasteiger partial charge in [0.1, 0.15) is 0 Å². The Balaban J connectivity index is 2.15. The van der Waals surface area contributed by atoms with Crippen molar-refractivity contribution < 1.29 is 0 Å². The topological polar surface area (TPSA) is 12.0 Å². The minimum atomic E-state index is 0.463. The van der Waals surface area contributed by atoms with Gasteiger partial charge in [0, 0.05) is 32.9 Å². The smallest absolute Gasteiger partial charge is 0.0406 e. The van der Waals surface area contributed by atoms with Crippen LogP contribution in [0.25, 0.3) is 0 Å². The molecule has 0 saturated carbocycles. The first-order valence-corrected chi connectivity index (χ1v) is 8.82. The Morgan fingerprint density at radius 1 is 1.20 bits per heavy atom. The first kappa shape index (κ1) is 16.0. The maximum absolute atomic E-state index is 5.99.